The molecular weight excluding hydrogens is 427 g/mol. The minimum absolute atomic E-state index is 0. The summed E-state index contributed by atoms with van der Waals surface area (Å²) >= 11 is 0. The average molecular weight is 462 g/mol. The van der Waals surface area contributed by atoms with Crippen molar-refractivity contribution >= 4 is 29.9 Å². The maximum Gasteiger partial charge on any atom is 0.191 e. The van der Waals surface area contributed by atoms with E-state index in [0.29, 0.717) is 0 Å². The Bertz CT molecular complexity index is 494. The highest BCUT2D eigenvalue weighted by molar-refractivity contribution is 14.0. The van der Waals surface area contributed by atoms with E-state index in [1.807, 2.05) is 17.9 Å². The Morgan fingerprint density at radius 3 is 2.72 bits per heavy atom. The molecular formula is C18H35IN6. The molecule has 1 aliphatic heterocycles. The van der Waals surface area contributed by atoms with E-state index in [2.05, 4.69) is 40.7 Å². The van der Waals surface area contributed by atoms with E-state index in [0.717, 1.165) is 44.4 Å². The third kappa shape index (κ3) is 8.89. The number of guanidine groups is 1. The summed E-state index contributed by atoms with van der Waals surface area (Å²) in [5, 5.41) is 10.9. The Morgan fingerprint density at radius 1 is 1.32 bits per heavy atom. The van der Waals surface area contributed by atoms with Crippen molar-refractivity contribution in [3.05, 3.63) is 18.0 Å². The highest BCUT2D eigenvalue weighted by atomic mass is 127. The molecule has 7 heteroatoms. The maximum absolute atomic E-state index is 4.70. The summed E-state index contributed by atoms with van der Waals surface area (Å²) in [5.74, 6) is 1.83. The molecule has 1 aliphatic rings. The molecule has 0 atom stereocenters. The first kappa shape index (κ1) is 22.2. The molecule has 0 aliphatic carbocycles. The van der Waals surface area contributed by atoms with E-state index in [1.165, 1.54) is 38.0 Å². The summed E-state index contributed by atoms with van der Waals surface area (Å²) in [7, 11) is 1.95. The van der Waals surface area contributed by atoms with Gasteiger partial charge in [0, 0.05) is 32.9 Å². The molecule has 25 heavy (non-hydrogen) atoms. The van der Waals surface area contributed by atoms with Crippen molar-refractivity contribution in [2.24, 2.45) is 18.0 Å². The smallest absolute Gasteiger partial charge is 0.191 e. The Balaban J connectivity index is 0.00000312. The van der Waals surface area contributed by atoms with E-state index < -0.39 is 0 Å². The van der Waals surface area contributed by atoms with Crippen LogP contribution in [0.5, 0.6) is 0 Å². The van der Waals surface area contributed by atoms with Crippen LogP contribution in [-0.2, 0) is 13.5 Å². The lowest BCUT2D eigenvalue weighted by atomic mass is 9.99. The second-order valence-corrected chi connectivity index (χ2v) is 6.84. The van der Waals surface area contributed by atoms with E-state index in [-0.39, 0.29) is 24.0 Å². The fourth-order valence-corrected chi connectivity index (χ4v) is 3.04. The molecule has 2 heterocycles. The van der Waals surface area contributed by atoms with Gasteiger partial charge in [0.1, 0.15) is 0 Å². The van der Waals surface area contributed by atoms with Crippen LogP contribution in [0.1, 0.15) is 38.7 Å². The molecule has 1 aromatic rings. The molecule has 0 bridgehead atoms. The van der Waals surface area contributed by atoms with E-state index >= 15 is 0 Å². The van der Waals surface area contributed by atoms with Crippen LogP contribution in [-0.4, -0.2) is 59.9 Å². The number of nitrogens with zero attached hydrogens (tertiary/aromatic N) is 4. The number of likely N-dealkylation sites (tertiary alicyclic amines) is 1. The predicted molar refractivity (Wildman–Crippen MR) is 116 cm³/mol. The fraction of sp³-hybridized carbons (Fsp3) is 0.778. The number of rotatable bonds is 8. The third-order valence-corrected chi connectivity index (χ3v) is 4.59. The molecule has 2 N–H and O–H groups in total. The monoisotopic (exact) mass is 462 g/mol. The summed E-state index contributed by atoms with van der Waals surface area (Å²) in [6, 6.07) is 0. The molecule has 6 nitrogen and oxygen atoms in total. The van der Waals surface area contributed by atoms with Gasteiger partial charge < -0.3 is 15.5 Å². The number of hydrogen-bond donors (Lipinski definition) is 2. The van der Waals surface area contributed by atoms with Gasteiger partial charge in [-0.15, -0.1) is 24.0 Å². The maximum atomic E-state index is 4.70. The quantitative estimate of drug-likeness (QED) is 0.269. The van der Waals surface area contributed by atoms with Crippen molar-refractivity contribution in [2.45, 2.75) is 39.5 Å². The van der Waals surface area contributed by atoms with E-state index in [4.69, 9.17) is 4.99 Å². The normalized spacial score (nSPS) is 16.5. The van der Waals surface area contributed by atoms with Gasteiger partial charge in [-0.1, -0.05) is 6.92 Å². The van der Waals surface area contributed by atoms with Crippen LogP contribution in [0.2, 0.25) is 0 Å². The van der Waals surface area contributed by atoms with Crippen LogP contribution in [0.25, 0.3) is 0 Å². The van der Waals surface area contributed by atoms with Gasteiger partial charge in [0.25, 0.3) is 0 Å². The number of halogens is 1. The number of aryl methyl sites for hydroxylation is 1. The summed E-state index contributed by atoms with van der Waals surface area (Å²) in [6.07, 6.45) is 8.78. The third-order valence-electron chi connectivity index (χ3n) is 4.59. The Hall–Kier alpha value is -0.830. The predicted octanol–water partition coefficient (Wildman–Crippen LogP) is 2.26. The van der Waals surface area contributed by atoms with Gasteiger partial charge in [0.15, 0.2) is 5.96 Å². The van der Waals surface area contributed by atoms with Gasteiger partial charge in [0.05, 0.1) is 6.20 Å². The lowest BCUT2D eigenvalue weighted by molar-refractivity contribution is 0.192. The van der Waals surface area contributed by atoms with Crippen LogP contribution < -0.4 is 10.6 Å². The molecule has 2 rings (SSSR count). The van der Waals surface area contributed by atoms with Crippen molar-refractivity contribution < 1.29 is 0 Å². The number of aliphatic imine (C=N–C) groups is 1. The Kier molecular flexibility index (Phi) is 11.1. The Morgan fingerprint density at radius 2 is 2.08 bits per heavy atom. The summed E-state index contributed by atoms with van der Waals surface area (Å²) in [5.41, 5.74) is 1.25. The van der Waals surface area contributed by atoms with Crippen molar-refractivity contribution in [1.82, 2.24) is 25.3 Å². The molecule has 144 valence electrons. The van der Waals surface area contributed by atoms with Crippen LogP contribution in [0.4, 0.5) is 0 Å². The molecule has 0 amide bonds. The number of aromatic nitrogens is 2. The largest absolute Gasteiger partial charge is 0.357 e. The molecule has 0 saturated carbocycles. The first-order chi connectivity index (χ1) is 11.7. The average Bonchev–Trinajstić information content (AvgIpc) is 2.98. The molecule has 0 unspecified atom stereocenters. The fourth-order valence-electron chi connectivity index (χ4n) is 3.04. The van der Waals surface area contributed by atoms with Gasteiger partial charge in [-0.2, -0.15) is 5.10 Å². The lowest BCUT2D eigenvalue weighted by Crippen LogP contribution is -2.38. The molecule has 1 aromatic heterocycles. The molecule has 0 aromatic carbocycles. The molecule has 0 radical (unpaired) electrons. The first-order valence-electron chi connectivity index (χ1n) is 9.39. The molecule has 0 spiro atoms. The zero-order valence-electron chi connectivity index (χ0n) is 16.0. The summed E-state index contributed by atoms with van der Waals surface area (Å²) < 4.78 is 1.84. The number of hydrogen-bond acceptors (Lipinski definition) is 3. The topological polar surface area (TPSA) is 57.5 Å². The van der Waals surface area contributed by atoms with Gasteiger partial charge >= 0.3 is 0 Å². The van der Waals surface area contributed by atoms with Crippen molar-refractivity contribution in [3.8, 4) is 0 Å². The van der Waals surface area contributed by atoms with Crippen LogP contribution >= 0.6 is 24.0 Å². The van der Waals surface area contributed by atoms with Crippen LogP contribution in [0.3, 0.4) is 0 Å². The zero-order valence-corrected chi connectivity index (χ0v) is 18.3. The van der Waals surface area contributed by atoms with Gasteiger partial charge in [-0.25, -0.2) is 0 Å². The minimum Gasteiger partial charge on any atom is -0.357 e. The second-order valence-electron chi connectivity index (χ2n) is 6.84. The van der Waals surface area contributed by atoms with Crippen molar-refractivity contribution in [3.63, 3.8) is 0 Å². The van der Waals surface area contributed by atoms with Gasteiger partial charge in [-0.3, -0.25) is 9.67 Å². The Labute approximate surface area is 169 Å². The minimum atomic E-state index is 0. The van der Waals surface area contributed by atoms with Gasteiger partial charge in [-0.05, 0) is 63.7 Å². The van der Waals surface area contributed by atoms with Gasteiger partial charge in [0.2, 0.25) is 0 Å². The van der Waals surface area contributed by atoms with E-state index in [1.54, 1.807) is 0 Å². The highest BCUT2D eigenvalue weighted by Crippen LogP contribution is 2.15. The lowest BCUT2D eigenvalue weighted by Gasteiger charge is -2.29. The van der Waals surface area contributed by atoms with Crippen LogP contribution in [0, 0.1) is 5.92 Å². The van der Waals surface area contributed by atoms with Crippen molar-refractivity contribution in [1.29, 1.82) is 0 Å². The number of nitrogens with one attached hydrogen (secondary N) is 2. The first-order valence-corrected chi connectivity index (χ1v) is 9.39. The van der Waals surface area contributed by atoms with Crippen LogP contribution in [0.15, 0.2) is 17.4 Å². The second kappa shape index (κ2) is 12.5. The SMILES string of the molecule is CCNC(=NCCCN1CCC(C)CC1)NCCc1cnn(C)c1.I. The van der Waals surface area contributed by atoms with Crippen molar-refractivity contribution in [2.75, 3.05) is 39.3 Å². The standard InChI is InChI=1S/C18H34N6.HI/c1-4-19-18(21-10-6-17-14-22-23(3)15-17)20-9-5-11-24-12-7-16(2)8-13-24;/h14-16H,4-13H2,1-3H3,(H2,19,20,21);1H. The number of piperidine rings is 1. The molecule has 1 saturated heterocycles. The zero-order chi connectivity index (χ0) is 17.2. The summed E-state index contributed by atoms with van der Waals surface area (Å²) in [4.78, 5) is 7.28. The summed E-state index contributed by atoms with van der Waals surface area (Å²) in [6.45, 7) is 10.8. The highest BCUT2D eigenvalue weighted by Gasteiger charge is 2.14. The van der Waals surface area contributed by atoms with E-state index in [9.17, 15) is 0 Å². The molecule has 1 fully saturated rings.